The van der Waals surface area contributed by atoms with E-state index in [4.69, 9.17) is 4.74 Å². The lowest BCUT2D eigenvalue weighted by Gasteiger charge is -2.22. The van der Waals surface area contributed by atoms with Crippen LogP contribution in [0.25, 0.3) is 0 Å². The number of ether oxygens (including phenoxy) is 1. The lowest BCUT2D eigenvalue weighted by Crippen LogP contribution is -2.42. The Labute approximate surface area is 145 Å². The highest BCUT2D eigenvalue weighted by Gasteiger charge is 2.26. The van der Waals surface area contributed by atoms with Crippen molar-refractivity contribution < 1.29 is 19.1 Å². The van der Waals surface area contributed by atoms with Crippen molar-refractivity contribution in [3.05, 3.63) is 23.8 Å². The Morgan fingerprint density at radius 3 is 2.71 bits per heavy atom. The molecule has 24 heavy (non-hydrogen) atoms. The molecule has 0 saturated heterocycles. The predicted octanol–water partition coefficient (Wildman–Crippen LogP) is 2.44. The van der Waals surface area contributed by atoms with E-state index >= 15 is 0 Å². The first-order valence-corrected chi connectivity index (χ1v) is 8.70. The summed E-state index contributed by atoms with van der Waals surface area (Å²) >= 11 is 1.45. The molecule has 2 N–H and O–H groups in total. The minimum Gasteiger partial charge on any atom is -0.467 e. The fourth-order valence-corrected chi connectivity index (χ4v) is 3.35. The highest BCUT2D eigenvalue weighted by atomic mass is 32.2. The van der Waals surface area contributed by atoms with Crippen LogP contribution in [0.3, 0.4) is 0 Å². The fraction of sp³-hybridized carbons (Fsp3) is 0.471. The summed E-state index contributed by atoms with van der Waals surface area (Å²) in [4.78, 5) is 37.0. The van der Waals surface area contributed by atoms with Gasteiger partial charge in [0.05, 0.1) is 18.0 Å². The number of carbonyl (C=O) groups is 3. The SMILES string of the molecule is COC(=O)[C@@H](CC(C)C)NC(=O)c1ccc2c(c1)NC(=O)[C@@H](C)S2. The molecule has 1 aromatic carbocycles. The van der Waals surface area contributed by atoms with Crippen LogP contribution in [0.2, 0.25) is 0 Å². The Balaban J connectivity index is 2.16. The highest BCUT2D eigenvalue weighted by molar-refractivity contribution is 8.00. The van der Waals surface area contributed by atoms with Crippen LogP contribution in [0.15, 0.2) is 23.1 Å². The van der Waals surface area contributed by atoms with Crippen molar-refractivity contribution >= 4 is 35.2 Å². The maximum Gasteiger partial charge on any atom is 0.328 e. The molecule has 2 amide bonds. The standard InChI is InChI=1S/C17H22N2O4S/c1-9(2)7-13(17(22)23-4)19-16(21)11-5-6-14-12(8-11)18-15(20)10(3)24-14/h5-6,8-10,13H,7H2,1-4H3,(H,18,20)(H,19,21)/t10-,13-/m1/s1. The number of thioether (sulfide) groups is 1. The number of esters is 1. The molecule has 1 heterocycles. The fourth-order valence-electron chi connectivity index (χ4n) is 2.42. The van der Waals surface area contributed by atoms with Gasteiger partial charge in [0.1, 0.15) is 6.04 Å². The highest BCUT2D eigenvalue weighted by Crippen LogP contribution is 2.35. The summed E-state index contributed by atoms with van der Waals surface area (Å²) in [5.41, 5.74) is 1.01. The van der Waals surface area contributed by atoms with E-state index in [1.165, 1.54) is 18.9 Å². The molecule has 0 fully saturated rings. The second-order valence-electron chi connectivity index (χ2n) is 6.14. The van der Waals surface area contributed by atoms with Gasteiger partial charge >= 0.3 is 5.97 Å². The molecule has 2 atom stereocenters. The van der Waals surface area contributed by atoms with Crippen molar-refractivity contribution in [2.24, 2.45) is 5.92 Å². The number of fused-ring (bicyclic) bond motifs is 1. The molecule has 0 saturated carbocycles. The molecule has 0 aromatic heterocycles. The first-order valence-electron chi connectivity index (χ1n) is 7.82. The van der Waals surface area contributed by atoms with Gasteiger partial charge in [0.15, 0.2) is 0 Å². The van der Waals surface area contributed by atoms with E-state index < -0.39 is 12.0 Å². The second-order valence-corrected chi connectivity index (χ2v) is 7.52. The van der Waals surface area contributed by atoms with Crippen LogP contribution in [-0.2, 0) is 14.3 Å². The van der Waals surface area contributed by atoms with Crippen molar-refractivity contribution in [1.82, 2.24) is 5.32 Å². The molecule has 0 spiro atoms. The number of anilines is 1. The van der Waals surface area contributed by atoms with Crippen molar-refractivity contribution in [3.63, 3.8) is 0 Å². The second kappa shape index (κ2) is 7.70. The molecule has 2 rings (SSSR count). The van der Waals surface area contributed by atoms with Gasteiger partial charge in [-0.25, -0.2) is 4.79 Å². The monoisotopic (exact) mass is 350 g/mol. The van der Waals surface area contributed by atoms with Crippen LogP contribution in [0.1, 0.15) is 37.6 Å². The Bertz CT molecular complexity index is 660. The summed E-state index contributed by atoms with van der Waals surface area (Å²) in [6.07, 6.45) is 0.494. The molecule has 1 aromatic rings. The molecular formula is C17H22N2O4S. The maximum atomic E-state index is 12.5. The van der Waals surface area contributed by atoms with E-state index in [0.717, 1.165) is 4.90 Å². The quantitative estimate of drug-likeness (QED) is 0.797. The van der Waals surface area contributed by atoms with Crippen LogP contribution in [0, 0.1) is 5.92 Å². The Hall–Kier alpha value is -2.02. The molecule has 6 nitrogen and oxygen atoms in total. The van der Waals surface area contributed by atoms with Gasteiger partial charge < -0.3 is 15.4 Å². The van der Waals surface area contributed by atoms with E-state index in [1.54, 1.807) is 18.2 Å². The number of benzene rings is 1. The zero-order valence-electron chi connectivity index (χ0n) is 14.2. The topological polar surface area (TPSA) is 84.5 Å². The van der Waals surface area contributed by atoms with Gasteiger partial charge in [0, 0.05) is 10.5 Å². The van der Waals surface area contributed by atoms with Crippen molar-refractivity contribution in [2.75, 3.05) is 12.4 Å². The van der Waals surface area contributed by atoms with E-state index in [0.29, 0.717) is 17.7 Å². The first kappa shape index (κ1) is 18.3. The summed E-state index contributed by atoms with van der Waals surface area (Å²) in [6.45, 7) is 5.76. The molecule has 7 heteroatoms. The number of nitrogens with one attached hydrogen (secondary N) is 2. The summed E-state index contributed by atoms with van der Waals surface area (Å²) < 4.78 is 4.75. The van der Waals surface area contributed by atoms with Crippen molar-refractivity contribution in [3.8, 4) is 0 Å². The van der Waals surface area contributed by atoms with E-state index in [1.807, 2.05) is 20.8 Å². The molecular weight excluding hydrogens is 328 g/mol. The van der Waals surface area contributed by atoms with Gasteiger partial charge in [-0.05, 0) is 37.5 Å². The van der Waals surface area contributed by atoms with Crippen molar-refractivity contribution in [2.45, 2.75) is 43.4 Å². The van der Waals surface area contributed by atoms with Gasteiger partial charge in [-0.1, -0.05) is 13.8 Å². The number of carbonyl (C=O) groups excluding carboxylic acids is 3. The summed E-state index contributed by atoms with van der Waals surface area (Å²) in [6, 6.07) is 4.43. The lowest BCUT2D eigenvalue weighted by atomic mass is 10.0. The maximum absolute atomic E-state index is 12.5. The molecule has 0 unspecified atom stereocenters. The van der Waals surface area contributed by atoms with E-state index in [2.05, 4.69) is 10.6 Å². The van der Waals surface area contributed by atoms with Gasteiger partial charge in [0.2, 0.25) is 5.91 Å². The summed E-state index contributed by atoms with van der Waals surface area (Å²) in [5, 5.41) is 5.34. The van der Waals surface area contributed by atoms with Gasteiger partial charge in [-0.3, -0.25) is 9.59 Å². The molecule has 0 aliphatic carbocycles. The van der Waals surface area contributed by atoms with Crippen LogP contribution < -0.4 is 10.6 Å². The average molecular weight is 350 g/mol. The Kier molecular flexibility index (Phi) is 5.88. The minimum absolute atomic E-state index is 0.0858. The Morgan fingerprint density at radius 2 is 2.08 bits per heavy atom. The van der Waals surface area contributed by atoms with Crippen LogP contribution >= 0.6 is 11.8 Å². The van der Waals surface area contributed by atoms with Crippen LogP contribution in [-0.4, -0.2) is 36.2 Å². The van der Waals surface area contributed by atoms with Gasteiger partial charge in [-0.15, -0.1) is 11.8 Å². The zero-order valence-corrected chi connectivity index (χ0v) is 15.0. The van der Waals surface area contributed by atoms with Crippen LogP contribution in [0.5, 0.6) is 0 Å². The summed E-state index contributed by atoms with van der Waals surface area (Å²) in [7, 11) is 1.30. The first-order chi connectivity index (χ1) is 11.3. The van der Waals surface area contributed by atoms with Crippen LogP contribution in [0.4, 0.5) is 5.69 Å². The third-order valence-corrected chi connectivity index (χ3v) is 4.85. The molecule has 1 aliphatic heterocycles. The molecule has 130 valence electrons. The van der Waals surface area contributed by atoms with Gasteiger partial charge in [-0.2, -0.15) is 0 Å². The zero-order chi connectivity index (χ0) is 17.9. The number of rotatable bonds is 5. The smallest absolute Gasteiger partial charge is 0.328 e. The number of methoxy groups -OCH3 is 1. The number of hydrogen-bond acceptors (Lipinski definition) is 5. The number of amides is 2. The molecule has 0 radical (unpaired) electrons. The largest absolute Gasteiger partial charge is 0.467 e. The lowest BCUT2D eigenvalue weighted by molar-refractivity contribution is -0.143. The minimum atomic E-state index is -0.692. The van der Waals surface area contributed by atoms with E-state index in [-0.39, 0.29) is 23.0 Å². The third kappa shape index (κ3) is 4.29. The van der Waals surface area contributed by atoms with Gasteiger partial charge in [0.25, 0.3) is 5.91 Å². The predicted molar refractivity (Wildman–Crippen MR) is 93.1 cm³/mol. The third-order valence-electron chi connectivity index (χ3n) is 3.67. The Morgan fingerprint density at radius 1 is 1.38 bits per heavy atom. The van der Waals surface area contributed by atoms with Crippen molar-refractivity contribution in [1.29, 1.82) is 0 Å². The van der Waals surface area contributed by atoms with E-state index in [9.17, 15) is 14.4 Å². The molecule has 0 bridgehead atoms. The number of hydrogen-bond donors (Lipinski definition) is 2. The molecule has 1 aliphatic rings. The summed E-state index contributed by atoms with van der Waals surface area (Å²) in [5.74, 6) is -0.688. The average Bonchev–Trinajstić information content (AvgIpc) is 2.53. The normalized spacial score (nSPS) is 17.7.